The molecule has 4 rings (SSSR count). The molecule has 1 aliphatic heterocycles. The molecule has 178 valence electrons. The lowest BCUT2D eigenvalue weighted by atomic mass is 10.0. The van der Waals surface area contributed by atoms with Crippen LogP contribution in [0, 0.1) is 0 Å². The molecular formula is C29H36N4O. The summed E-state index contributed by atoms with van der Waals surface area (Å²) >= 11 is 0. The van der Waals surface area contributed by atoms with Gasteiger partial charge in [-0.15, -0.1) is 0 Å². The Bertz CT molecular complexity index is 984. The summed E-state index contributed by atoms with van der Waals surface area (Å²) in [6.45, 7) is 3.12. The molecule has 1 saturated heterocycles. The molecule has 0 atom stereocenters. The van der Waals surface area contributed by atoms with E-state index in [1.165, 1.54) is 16.8 Å². The van der Waals surface area contributed by atoms with Crippen LogP contribution in [0.3, 0.4) is 0 Å². The van der Waals surface area contributed by atoms with E-state index in [2.05, 4.69) is 69.0 Å². The molecule has 1 aliphatic rings. The molecule has 5 heteroatoms. The van der Waals surface area contributed by atoms with Crippen molar-refractivity contribution in [2.45, 2.75) is 51.0 Å². The third-order valence-corrected chi connectivity index (χ3v) is 6.57. The van der Waals surface area contributed by atoms with Gasteiger partial charge in [-0.1, -0.05) is 30.3 Å². The van der Waals surface area contributed by atoms with E-state index in [1.807, 2.05) is 30.6 Å². The molecule has 1 amide bonds. The van der Waals surface area contributed by atoms with Crippen molar-refractivity contribution in [3.8, 4) is 0 Å². The maximum absolute atomic E-state index is 12.3. The lowest BCUT2D eigenvalue weighted by Crippen LogP contribution is -2.43. The van der Waals surface area contributed by atoms with E-state index in [9.17, 15) is 4.79 Å². The van der Waals surface area contributed by atoms with Crippen LogP contribution in [-0.4, -0.2) is 36.6 Å². The molecule has 3 aromatic rings. The maximum Gasteiger partial charge on any atom is 0.224 e. The Balaban J connectivity index is 1.12. The fourth-order valence-corrected chi connectivity index (χ4v) is 4.55. The maximum atomic E-state index is 12.3. The number of rotatable bonds is 11. The molecular weight excluding hydrogens is 420 g/mol. The highest BCUT2D eigenvalue weighted by atomic mass is 16.1. The molecule has 5 nitrogen and oxygen atoms in total. The van der Waals surface area contributed by atoms with Gasteiger partial charge in [-0.25, -0.2) is 0 Å². The van der Waals surface area contributed by atoms with Gasteiger partial charge in [0.05, 0.1) is 0 Å². The minimum absolute atomic E-state index is 0.0967. The number of hydrogen-bond donors (Lipinski definition) is 2. The number of aryl methyl sites for hydroxylation is 1. The summed E-state index contributed by atoms with van der Waals surface area (Å²) in [5.41, 5.74) is 4.78. The van der Waals surface area contributed by atoms with Crippen molar-refractivity contribution in [1.29, 1.82) is 0 Å². The number of benzene rings is 2. The Morgan fingerprint density at radius 3 is 2.29 bits per heavy atom. The number of carbonyl (C=O) groups excluding carboxylic acids is 1. The summed E-state index contributed by atoms with van der Waals surface area (Å²) in [5.74, 6) is 0.0967. The second kappa shape index (κ2) is 12.9. The number of amides is 1. The van der Waals surface area contributed by atoms with Crippen molar-refractivity contribution in [1.82, 2.24) is 10.3 Å². The van der Waals surface area contributed by atoms with Gasteiger partial charge in [0, 0.05) is 49.3 Å². The normalized spacial score (nSPS) is 14.2. The first-order valence-corrected chi connectivity index (χ1v) is 12.6. The molecule has 1 fully saturated rings. The molecule has 2 heterocycles. The van der Waals surface area contributed by atoms with Gasteiger partial charge in [0.25, 0.3) is 0 Å². The number of hydrogen-bond acceptors (Lipinski definition) is 4. The number of pyridine rings is 1. The van der Waals surface area contributed by atoms with Gasteiger partial charge in [0.15, 0.2) is 0 Å². The van der Waals surface area contributed by atoms with Crippen LogP contribution in [0.2, 0.25) is 0 Å². The highest BCUT2D eigenvalue weighted by molar-refractivity contribution is 5.90. The number of anilines is 2. The number of nitrogens with zero attached hydrogens (tertiary/aromatic N) is 2. The number of nitrogens with one attached hydrogen (secondary N) is 2. The summed E-state index contributed by atoms with van der Waals surface area (Å²) in [7, 11) is 0. The van der Waals surface area contributed by atoms with Crippen molar-refractivity contribution in [2.24, 2.45) is 0 Å². The van der Waals surface area contributed by atoms with Crippen molar-refractivity contribution in [2.75, 3.05) is 29.9 Å². The summed E-state index contributed by atoms with van der Waals surface area (Å²) in [4.78, 5) is 18.8. The highest BCUT2D eigenvalue weighted by Gasteiger charge is 2.19. The number of unbranched alkanes of at least 4 members (excludes halogenated alkanes) is 1. The molecule has 34 heavy (non-hydrogen) atoms. The van der Waals surface area contributed by atoms with E-state index in [-0.39, 0.29) is 5.91 Å². The first-order chi connectivity index (χ1) is 16.8. The summed E-state index contributed by atoms with van der Waals surface area (Å²) in [6.07, 6.45) is 10.6. The van der Waals surface area contributed by atoms with Crippen molar-refractivity contribution < 1.29 is 4.79 Å². The van der Waals surface area contributed by atoms with Crippen molar-refractivity contribution >= 4 is 17.3 Å². The quantitative estimate of drug-likeness (QED) is 0.388. The van der Waals surface area contributed by atoms with Crippen LogP contribution in [-0.2, 0) is 17.6 Å². The van der Waals surface area contributed by atoms with Crippen LogP contribution in [0.1, 0.15) is 43.2 Å². The van der Waals surface area contributed by atoms with Crippen molar-refractivity contribution in [3.05, 3.63) is 90.3 Å². The van der Waals surface area contributed by atoms with E-state index in [4.69, 9.17) is 0 Å². The minimum atomic E-state index is 0.0967. The smallest absolute Gasteiger partial charge is 0.224 e. The standard InChI is InChI=1S/C29H36N4O/c34-29(9-5-4-8-24-6-2-1-3-7-24)32-27-10-12-28(13-11-27)33-22-17-26(18-23-33)31-21-16-25-14-19-30-20-15-25/h1-3,6-7,10-15,19-20,26,31H,4-5,8-9,16-18,21-23H2,(H,32,34). The van der Waals surface area contributed by atoms with Gasteiger partial charge in [-0.05, 0) is 92.6 Å². The van der Waals surface area contributed by atoms with Crippen LogP contribution in [0.5, 0.6) is 0 Å². The van der Waals surface area contributed by atoms with Gasteiger partial charge in [-0.3, -0.25) is 9.78 Å². The topological polar surface area (TPSA) is 57.3 Å². The second-order valence-corrected chi connectivity index (χ2v) is 9.11. The lowest BCUT2D eigenvalue weighted by molar-refractivity contribution is -0.116. The van der Waals surface area contributed by atoms with E-state index in [1.54, 1.807) is 0 Å². The Kier molecular flexibility index (Phi) is 9.09. The predicted octanol–water partition coefficient (Wildman–Crippen LogP) is 5.23. The first kappa shape index (κ1) is 24.0. The first-order valence-electron chi connectivity index (χ1n) is 12.6. The van der Waals surface area contributed by atoms with Crippen LogP contribution < -0.4 is 15.5 Å². The predicted molar refractivity (Wildman–Crippen MR) is 140 cm³/mol. The molecule has 2 N–H and O–H groups in total. The summed E-state index contributed by atoms with van der Waals surface area (Å²) < 4.78 is 0. The van der Waals surface area contributed by atoms with E-state index < -0.39 is 0 Å². The van der Waals surface area contributed by atoms with Gasteiger partial charge in [-0.2, -0.15) is 0 Å². The fourth-order valence-electron chi connectivity index (χ4n) is 4.55. The number of piperidine rings is 1. The monoisotopic (exact) mass is 456 g/mol. The third kappa shape index (κ3) is 7.70. The van der Waals surface area contributed by atoms with Gasteiger partial charge < -0.3 is 15.5 Å². The molecule has 2 aromatic carbocycles. The molecule has 0 radical (unpaired) electrons. The molecule has 0 unspecified atom stereocenters. The fraction of sp³-hybridized carbons (Fsp3) is 0.379. The minimum Gasteiger partial charge on any atom is -0.371 e. The SMILES string of the molecule is O=C(CCCCc1ccccc1)Nc1ccc(N2CCC(NCCc3ccncc3)CC2)cc1. The van der Waals surface area contributed by atoms with Crippen LogP contribution >= 0.6 is 0 Å². The van der Waals surface area contributed by atoms with Gasteiger partial charge in [0.2, 0.25) is 5.91 Å². The Hall–Kier alpha value is -3.18. The second-order valence-electron chi connectivity index (χ2n) is 9.11. The number of aromatic nitrogens is 1. The summed E-state index contributed by atoms with van der Waals surface area (Å²) in [6, 6.07) is 23.5. The van der Waals surface area contributed by atoms with Crippen molar-refractivity contribution in [3.63, 3.8) is 0 Å². The highest BCUT2D eigenvalue weighted by Crippen LogP contribution is 2.22. The van der Waals surface area contributed by atoms with Crippen LogP contribution in [0.25, 0.3) is 0 Å². The van der Waals surface area contributed by atoms with E-state index in [0.29, 0.717) is 12.5 Å². The third-order valence-electron chi connectivity index (χ3n) is 6.57. The molecule has 0 aliphatic carbocycles. The zero-order valence-electron chi connectivity index (χ0n) is 20.0. The zero-order chi connectivity index (χ0) is 23.4. The van der Waals surface area contributed by atoms with Gasteiger partial charge >= 0.3 is 0 Å². The van der Waals surface area contributed by atoms with Crippen LogP contribution in [0.15, 0.2) is 79.1 Å². The molecule has 0 bridgehead atoms. The average Bonchev–Trinajstić information content (AvgIpc) is 2.89. The average molecular weight is 457 g/mol. The lowest BCUT2D eigenvalue weighted by Gasteiger charge is -2.34. The summed E-state index contributed by atoms with van der Waals surface area (Å²) in [5, 5.41) is 6.75. The Morgan fingerprint density at radius 1 is 0.853 bits per heavy atom. The van der Waals surface area contributed by atoms with Gasteiger partial charge in [0.1, 0.15) is 0 Å². The zero-order valence-corrected chi connectivity index (χ0v) is 20.0. The molecule has 1 aromatic heterocycles. The molecule has 0 spiro atoms. The molecule has 0 saturated carbocycles. The Morgan fingerprint density at radius 2 is 1.56 bits per heavy atom. The van der Waals surface area contributed by atoms with E-state index in [0.717, 1.165) is 63.8 Å². The van der Waals surface area contributed by atoms with E-state index >= 15 is 0 Å². The largest absolute Gasteiger partial charge is 0.371 e. The van der Waals surface area contributed by atoms with Crippen LogP contribution in [0.4, 0.5) is 11.4 Å². The Labute approximate surface area is 203 Å². The number of carbonyl (C=O) groups is 1.